The Labute approximate surface area is 113 Å². The molecule has 0 unspecified atom stereocenters. The molecule has 1 N–H and O–H groups in total. The monoisotopic (exact) mass is 270 g/mol. The van der Waals surface area contributed by atoms with Crippen LogP contribution in [-0.2, 0) is 0 Å². The molecule has 0 amide bonds. The molecule has 0 aliphatic carbocycles. The highest BCUT2D eigenvalue weighted by atomic mass is 16.6. The summed E-state index contributed by atoms with van der Waals surface area (Å²) in [7, 11) is 0. The number of carboxylic acid groups (broad SMARTS) is 1. The van der Waals surface area contributed by atoms with Crippen molar-refractivity contribution < 1.29 is 19.1 Å². The Hall–Kier alpha value is -2.89. The second-order valence-electron chi connectivity index (χ2n) is 4.19. The van der Waals surface area contributed by atoms with E-state index in [2.05, 4.69) is 9.97 Å². The van der Waals surface area contributed by atoms with Crippen molar-refractivity contribution in [3.05, 3.63) is 48.0 Å². The number of carboxylic acids is 1. The minimum atomic E-state index is -1.17. The first kappa shape index (κ1) is 12.2. The van der Waals surface area contributed by atoms with E-state index in [9.17, 15) is 4.79 Å². The summed E-state index contributed by atoms with van der Waals surface area (Å²) in [5.74, 6) is -0.708. The molecule has 2 heterocycles. The number of fused-ring (bicyclic) bond motifs is 1. The number of oxazole rings is 1. The van der Waals surface area contributed by atoms with Gasteiger partial charge in [0.1, 0.15) is 11.8 Å². The third kappa shape index (κ3) is 2.18. The standard InChI is InChI=1S/C14H10N2O4/c1-8-5-6-9-3-2-4-11(12(9)15-8)20-14-16-10(7-19-14)13(17)18/h2-7H,1H3,(H,17,18). The number of carbonyl (C=O) groups is 1. The summed E-state index contributed by atoms with van der Waals surface area (Å²) in [6, 6.07) is 9.28. The SMILES string of the molecule is Cc1ccc2cccc(Oc3nc(C(=O)O)co3)c2n1. The van der Waals surface area contributed by atoms with Crippen LogP contribution in [-0.4, -0.2) is 21.0 Å². The Morgan fingerprint density at radius 1 is 1.25 bits per heavy atom. The number of hydrogen-bond acceptors (Lipinski definition) is 5. The summed E-state index contributed by atoms with van der Waals surface area (Å²) < 4.78 is 10.4. The zero-order chi connectivity index (χ0) is 14.1. The van der Waals surface area contributed by atoms with Gasteiger partial charge in [0.25, 0.3) is 0 Å². The van der Waals surface area contributed by atoms with E-state index in [-0.39, 0.29) is 11.8 Å². The summed E-state index contributed by atoms with van der Waals surface area (Å²) in [6.07, 6.45) is 0.903. The number of nitrogens with zero attached hydrogens (tertiary/aromatic N) is 2. The molecule has 0 aliphatic heterocycles. The van der Waals surface area contributed by atoms with Crippen molar-refractivity contribution in [2.45, 2.75) is 6.92 Å². The molecular weight excluding hydrogens is 260 g/mol. The molecule has 20 heavy (non-hydrogen) atoms. The molecule has 1 aromatic carbocycles. The van der Waals surface area contributed by atoms with E-state index in [1.165, 1.54) is 0 Å². The van der Waals surface area contributed by atoms with Crippen LogP contribution in [0, 0.1) is 6.92 Å². The second kappa shape index (κ2) is 4.65. The average molecular weight is 270 g/mol. The number of aromatic carboxylic acids is 1. The van der Waals surface area contributed by atoms with E-state index in [4.69, 9.17) is 14.3 Å². The van der Waals surface area contributed by atoms with Crippen LogP contribution in [0.4, 0.5) is 0 Å². The molecule has 0 saturated heterocycles. The number of ether oxygens (including phenoxy) is 1. The Morgan fingerprint density at radius 2 is 2.10 bits per heavy atom. The molecule has 3 rings (SSSR count). The number of rotatable bonds is 3. The van der Waals surface area contributed by atoms with Gasteiger partial charge in [-0.05, 0) is 19.1 Å². The van der Waals surface area contributed by atoms with Gasteiger partial charge in [-0.15, -0.1) is 0 Å². The third-order valence-electron chi connectivity index (χ3n) is 2.72. The number of para-hydroxylation sites is 1. The highest BCUT2D eigenvalue weighted by molar-refractivity contribution is 5.85. The van der Waals surface area contributed by atoms with Crippen molar-refractivity contribution in [1.29, 1.82) is 0 Å². The van der Waals surface area contributed by atoms with Gasteiger partial charge in [-0.1, -0.05) is 18.2 Å². The molecular formula is C14H10N2O4. The highest BCUT2D eigenvalue weighted by Crippen LogP contribution is 2.28. The highest BCUT2D eigenvalue weighted by Gasteiger charge is 2.13. The summed E-state index contributed by atoms with van der Waals surface area (Å²) in [5, 5.41) is 9.70. The smallest absolute Gasteiger partial charge is 0.399 e. The van der Waals surface area contributed by atoms with Crippen molar-refractivity contribution in [2.75, 3.05) is 0 Å². The largest absolute Gasteiger partial charge is 0.476 e. The number of aromatic nitrogens is 2. The van der Waals surface area contributed by atoms with Crippen LogP contribution in [0.5, 0.6) is 11.8 Å². The molecule has 100 valence electrons. The first-order chi connectivity index (χ1) is 9.63. The quantitative estimate of drug-likeness (QED) is 0.787. The lowest BCUT2D eigenvalue weighted by Gasteiger charge is -2.05. The number of hydrogen-bond donors (Lipinski definition) is 1. The van der Waals surface area contributed by atoms with Crippen molar-refractivity contribution in [2.24, 2.45) is 0 Å². The van der Waals surface area contributed by atoms with Crippen molar-refractivity contribution >= 4 is 16.9 Å². The number of aryl methyl sites for hydroxylation is 1. The Morgan fingerprint density at radius 3 is 2.85 bits per heavy atom. The zero-order valence-corrected chi connectivity index (χ0v) is 10.5. The summed E-state index contributed by atoms with van der Waals surface area (Å²) in [5.41, 5.74) is 1.32. The summed E-state index contributed by atoms with van der Waals surface area (Å²) >= 11 is 0. The van der Waals surface area contributed by atoms with Crippen molar-refractivity contribution in [1.82, 2.24) is 9.97 Å². The van der Waals surface area contributed by atoms with E-state index in [0.29, 0.717) is 11.3 Å². The predicted molar refractivity (Wildman–Crippen MR) is 70.0 cm³/mol. The fourth-order valence-corrected chi connectivity index (χ4v) is 1.80. The first-order valence-electron chi connectivity index (χ1n) is 5.86. The van der Waals surface area contributed by atoms with Gasteiger partial charge in [-0.2, -0.15) is 4.98 Å². The maximum atomic E-state index is 10.7. The van der Waals surface area contributed by atoms with E-state index in [0.717, 1.165) is 17.3 Å². The molecule has 2 aromatic heterocycles. The van der Waals surface area contributed by atoms with Crippen molar-refractivity contribution in [3.63, 3.8) is 0 Å². The Kier molecular flexibility index (Phi) is 2.83. The minimum Gasteiger partial charge on any atom is -0.476 e. The lowest BCUT2D eigenvalue weighted by molar-refractivity contribution is 0.0690. The van der Waals surface area contributed by atoms with Gasteiger partial charge in [-0.25, -0.2) is 9.78 Å². The van der Waals surface area contributed by atoms with Gasteiger partial charge in [0.2, 0.25) is 0 Å². The number of pyridine rings is 1. The predicted octanol–water partition coefficient (Wildman–Crippen LogP) is 3.02. The van der Waals surface area contributed by atoms with Gasteiger partial charge >= 0.3 is 12.0 Å². The van der Waals surface area contributed by atoms with E-state index in [1.807, 2.05) is 31.2 Å². The molecule has 6 nitrogen and oxygen atoms in total. The van der Waals surface area contributed by atoms with Crippen LogP contribution in [0.3, 0.4) is 0 Å². The fourth-order valence-electron chi connectivity index (χ4n) is 1.80. The topological polar surface area (TPSA) is 85.5 Å². The lowest BCUT2D eigenvalue weighted by Crippen LogP contribution is -1.96. The van der Waals surface area contributed by atoms with Crippen LogP contribution in [0.15, 0.2) is 41.0 Å². The maximum absolute atomic E-state index is 10.7. The van der Waals surface area contributed by atoms with Crippen molar-refractivity contribution in [3.8, 4) is 11.8 Å². The molecule has 0 bridgehead atoms. The minimum absolute atomic E-state index is 0.127. The molecule has 0 atom stereocenters. The summed E-state index contributed by atoms with van der Waals surface area (Å²) in [4.78, 5) is 18.9. The van der Waals surface area contributed by atoms with Crippen LogP contribution in [0.25, 0.3) is 10.9 Å². The normalized spacial score (nSPS) is 10.7. The van der Waals surface area contributed by atoms with Crippen LogP contribution in [0.2, 0.25) is 0 Å². The molecule has 0 spiro atoms. The van der Waals surface area contributed by atoms with Gasteiger partial charge in [-0.3, -0.25) is 0 Å². The second-order valence-corrected chi connectivity index (χ2v) is 4.19. The van der Waals surface area contributed by atoms with Gasteiger partial charge in [0, 0.05) is 11.1 Å². The van der Waals surface area contributed by atoms with Gasteiger partial charge in [0.05, 0.1) is 0 Å². The molecule has 0 aliphatic rings. The molecule has 0 saturated carbocycles. The van der Waals surface area contributed by atoms with Gasteiger partial charge < -0.3 is 14.3 Å². The molecule has 6 heteroatoms. The molecule has 0 radical (unpaired) electrons. The van der Waals surface area contributed by atoms with E-state index < -0.39 is 5.97 Å². The third-order valence-corrected chi connectivity index (χ3v) is 2.72. The Balaban J connectivity index is 2.01. The fraction of sp³-hybridized carbons (Fsp3) is 0.0714. The van der Waals surface area contributed by atoms with Crippen LogP contribution < -0.4 is 4.74 Å². The van der Waals surface area contributed by atoms with E-state index in [1.54, 1.807) is 6.07 Å². The average Bonchev–Trinajstić information content (AvgIpc) is 2.88. The zero-order valence-electron chi connectivity index (χ0n) is 10.5. The molecule has 0 fully saturated rings. The molecule has 3 aromatic rings. The van der Waals surface area contributed by atoms with E-state index >= 15 is 0 Å². The van der Waals surface area contributed by atoms with Gasteiger partial charge in [0.15, 0.2) is 11.4 Å². The first-order valence-corrected chi connectivity index (χ1v) is 5.86. The van der Waals surface area contributed by atoms with Crippen LogP contribution in [0.1, 0.15) is 16.2 Å². The Bertz CT molecular complexity index is 795. The van der Waals surface area contributed by atoms with Crippen LogP contribution >= 0.6 is 0 Å². The lowest BCUT2D eigenvalue weighted by atomic mass is 10.2. The maximum Gasteiger partial charge on any atom is 0.399 e. The summed E-state index contributed by atoms with van der Waals surface area (Å²) in [6.45, 7) is 1.88. The number of benzene rings is 1.